The molecule has 0 aliphatic carbocycles. The van der Waals surface area contributed by atoms with E-state index < -0.39 is 5.56 Å². The Balaban J connectivity index is 2.43. The van der Waals surface area contributed by atoms with E-state index in [4.69, 9.17) is 23.8 Å². The van der Waals surface area contributed by atoms with Crippen LogP contribution >= 0.6 is 23.8 Å². The summed E-state index contributed by atoms with van der Waals surface area (Å²) < 4.78 is 1.12. The number of nitrogens with one attached hydrogen (secondary N) is 1. The van der Waals surface area contributed by atoms with Gasteiger partial charge in [0.2, 0.25) is 4.77 Å². The van der Waals surface area contributed by atoms with Crippen LogP contribution in [0.2, 0.25) is 5.02 Å². The van der Waals surface area contributed by atoms with Crippen LogP contribution in [-0.2, 0) is 0 Å². The summed E-state index contributed by atoms with van der Waals surface area (Å²) in [4.78, 5) is 11.8. The number of phenols is 1. The molecule has 0 spiro atoms. The lowest BCUT2D eigenvalue weighted by Crippen LogP contribution is -2.22. The maximum atomic E-state index is 11.8. The van der Waals surface area contributed by atoms with E-state index in [-0.39, 0.29) is 21.2 Å². The van der Waals surface area contributed by atoms with Crippen molar-refractivity contribution in [2.45, 2.75) is 6.92 Å². The highest BCUT2D eigenvalue weighted by Gasteiger charge is 2.01. The number of hydrogen-bond donors (Lipinski definition) is 2. The van der Waals surface area contributed by atoms with Crippen molar-refractivity contribution in [3.63, 3.8) is 0 Å². The van der Waals surface area contributed by atoms with Gasteiger partial charge >= 0.3 is 0 Å². The summed E-state index contributed by atoms with van der Waals surface area (Å²) in [5.74, 6) is -0.0203. The van der Waals surface area contributed by atoms with Crippen LogP contribution in [0.4, 0.5) is 0 Å². The van der Waals surface area contributed by atoms with Crippen molar-refractivity contribution in [3.8, 4) is 5.75 Å². The molecule has 0 unspecified atom stereocenters. The van der Waals surface area contributed by atoms with Crippen molar-refractivity contribution >= 4 is 30.0 Å². The summed E-state index contributed by atoms with van der Waals surface area (Å²) in [6.07, 6.45) is 1.41. The SMILES string of the molecule is Cc1n[nH]c(=S)n(/N=C\c2ccc(O)c(Cl)c2)c1=O. The molecule has 2 rings (SSSR count). The van der Waals surface area contributed by atoms with E-state index in [1.165, 1.54) is 18.3 Å². The van der Waals surface area contributed by atoms with Crippen molar-refractivity contribution in [1.29, 1.82) is 0 Å². The van der Waals surface area contributed by atoms with Gasteiger partial charge in [-0.2, -0.15) is 14.9 Å². The largest absolute Gasteiger partial charge is 0.506 e. The number of halogens is 1. The first-order valence-electron chi connectivity index (χ1n) is 5.20. The molecule has 6 nitrogen and oxygen atoms in total. The predicted octanol–water partition coefficient (Wildman–Crippen LogP) is 1.85. The van der Waals surface area contributed by atoms with Crippen molar-refractivity contribution in [2.24, 2.45) is 5.10 Å². The van der Waals surface area contributed by atoms with Crippen LogP contribution in [0.3, 0.4) is 0 Å². The first kappa shape index (κ1) is 13.4. The predicted molar refractivity (Wildman–Crippen MR) is 74.5 cm³/mol. The molecule has 0 saturated carbocycles. The van der Waals surface area contributed by atoms with Crippen LogP contribution in [-0.4, -0.2) is 26.2 Å². The third kappa shape index (κ3) is 2.88. The summed E-state index contributed by atoms with van der Waals surface area (Å²) in [6.45, 7) is 1.55. The normalized spacial score (nSPS) is 11.1. The second kappa shape index (κ2) is 5.33. The van der Waals surface area contributed by atoms with Gasteiger partial charge < -0.3 is 5.11 Å². The van der Waals surface area contributed by atoms with Gasteiger partial charge in [0.25, 0.3) is 5.56 Å². The Kier molecular flexibility index (Phi) is 3.77. The first-order chi connectivity index (χ1) is 8.99. The molecule has 0 aliphatic rings. The average molecular weight is 297 g/mol. The molecule has 1 heterocycles. The molecule has 0 radical (unpaired) electrons. The van der Waals surface area contributed by atoms with Crippen LogP contribution in [0, 0.1) is 11.7 Å². The molecule has 0 bridgehead atoms. The lowest BCUT2D eigenvalue weighted by Gasteiger charge is -2.00. The van der Waals surface area contributed by atoms with Gasteiger partial charge in [0.15, 0.2) is 0 Å². The molecule has 0 atom stereocenters. The van der Waals surface area contributed by atoms with Gasteiger partial charge in [-0.15, -0.1) is 0 Å². The lowest BCUT2D eigenvalue weighted by molar-refractivity contribution is 0.475. The van der Waals surface area contributed by atoms with Gasteiger partial charge in [-0.05, 0) is 42.9 Å². The van der Waals surface area contributed by atoms with Crippen molar-refractivity contribution in [2.75, 3.05) is 0 Å². The minimum Gasteiger partial charge on any atom is -0.506 e. The van der Waals surface area contributed by atoms with Gasteiger partial charge in [0, 0.05) is 0 Å². The molecular weight excluding hydrogens is 288 g/mol. The van der Waals surface area contributed by atoms with Crippen molar-refractivity contribution < 1.29 is 5.11 Å². The molecule has 0 amide bonds. The average Bonchev–Trinajstić information content (AvgIpc) is 2.38. The Hall–Kier alpha value is -1.99. The second-order valence-corrected chi connectivity index (χ2v) is 4.48. The number of rotatable bonds is 2. The molecule has 0 saturated heterocycles. The summed E-state index contributed by atoms with van der Waals surface area (Å²) >= 11 is 10.7. The fourth-order valence-electron chi connectivity index (χ4n) is 1.31. The quantitative estimate of drug-likeness (QED) is 0.654. The van der Waals surface area contributed by atoms with Gasteiger partial charge in [-0.1, -0.05) is 11.6 Å². The van der Waals surface area contributed by atoms with Gasteiger partial charge in [0.05, 0.1) is 11.2 Å². The molecule has 0 aliphatic heterocycles. The monoisotopic (exact) mass is 296 g/mol. The lowest BCUT2D eigenvalue weighted by atomic mass is 10.2. The number of benzene rings is 1. The van der Waals surface area contributed by atoms with Crippen LogP contribution in [0.1, 0.15) is 11.3 Å². The second-order valence-electron chi connectivity index (χ2n) is 3.69. The zero-order valence-corrected chi connectivity index (χ0v) is 11.4. The van der Waals surface area contributed by atoms with E-state index in [2.05, 4.69) is 15.3 Å². The van der Waals surface area contributed by atoms with E-state index in [0.717, 1.165) is 4.68 Å². The molecular formula is C11H9ClN4O2S. The molecule has 19 heavy (non-hydrogen) atoms. The Bertz CT molecular complexity index is 766. The summed E-state index contributed by atoms with van der Waals surface area (Å²) in [5, 5.41) is 19.7. The topological polar surface area (TPSA) is 83.3 Å². The van der Waals surface area contributed by atoms with Gasteiger partial charge in [0.1, 0.15) is 11.4 Å². The minimum atomic E-state index is -0.398. The Labute approximate surface area is 118 Å². The van der Waals surface area contributed by atoms with Crippen LogP contribution in [0.15, 0.2) is 28.1 Å². The number of aryl methyl sites for hydroxylation is 1. The molecule has 2 aromatic rings. The van der Waals surface area contributed by atoms with Crippen LogP contribution in [0.25, 0.3) is 0 Å². The number of phenolic OH excluding ortho intramolecular Hbond substituents is 1. The van der Waals surface area contributed by atoms with Crippen LogP contribution < -0.4 is 5.56 Å². The Morgan fingerprint density at radius 1 is 1.58 bits per heavy atom. The zero-order chi connectivity index (χ0) is 14.0. The fraction of sp³-hybridized carbons (Fsp3) is 0.0909. The smallest absolute Gasteiger partial charge is 0.296 e. The van der Waals surface area contributed by atoms with E-state index in [1.54, 1.807) is 13.0 Å². The first-order valence-corrected chi connectivity index (χ1v) is 5.99. The van der Waals surface area contributed by atoms with E-state index in [0.29, 0.717) is 5.56 Å². The maximum absolute atomic E-state index is 11.8. The van der Waals surface area contributed by atoms with E-state index in [1.807, 2.05) is 0 Å². The molecule has 8 heteroatoms. The molecule has 2 N–H and O–H groups in total. The maximum Gasteiger partial charge on any atom is 0.296 e. The zero-order valence-electron chi connectivity index (χ0n) is 9.79. The van der Waals surface area contributed by atoms with Gasteiger partial charge in [-0.25, -0.2) is 0 Å². The molecule has 0 fully saturated rings. The molecule has 1 aromatic heterocycles. The van der Waals surface area contributed by atoms with Crippen LogP contribution in [0.5, 0.6) is 5.75 Å². The number of nitrogens with zero attached hydrogens (tertiary/aromatic N) is 3. The number of aromatic nitrogens is 3. The van der Waals surface area contributed by atoms with E-state index >= 15 is 0 Å². The third-order valence-electron chi connectivity index (χ3n) is 2.31. The Morgan fingerprint density at radius 3 is 3.00 bits per heavy atom. The number of aromatic amines is 1. The van der Waals surface area contributed by atoms with E-state index in [9.17, 15) is 9.90 Å². The number of aromatic hydroxyl groups is 1. The Morgan fingerprint density at radius 2 is 2.32 bits per heavy atom. The minimum absolute atomic E-state index is 0.0203. The van der Waals surface area contributed by atoms with Crippen molar-refractivity contribution in [1.82, 2.24) is 14.9 Å². The molecule has 1 aromatic carbocycles. The van der Waals surface area contributed by atoms with Gasteiger partial charge in [-0.3, -0.25) is 9.89 Å². The third-order valence-corrected chi connectivity index (χ3v) is 2.87. The van der Waals surface area contributed by atoms with Crippen molar-refractivity contribution in [3.05, 3.63) is 49.6 Å². The number of hydrogen-bond acceptors (Lipinski definition) is 5. The summed E-state index contributed by atoms with van der Waals surface area (Å²) in [5.41, 5.74) is 0.484. The highest BCUT2D eigenvalue weighted by molar-refractivity contribution is 7.71. The summed E-state index contributed by atoms with van der Waals surface area (Å²) in [7, 11) is 0. The fourth-order valence-corrected chi connectivity index (χ4v) is 1.67. The standard InChI is InChI=1S/C11H9ClN4O2S/c1-6-10(18)16(11(19)15-14-6)13-5-7-2-3-9(17)8(12)4-7/h2-5,17H,1H3,(H,15,19)/b13-5-. The summed E-state index contributed by atoms with van der Waals surface area (Å²) in [6, 6.07) is 4.56. The highest BCUT2D eigenvalue weighted by atomic mass is 35.5. The highest BCUT2D eigenvalue weighted by Crippen LogP contribution is 2.22. The molecule has 98 valence electrons. The number of H-pyrrole nitrogens is 1.